The van der Waals surface area contributed by atoms with Gasteiger partial charge in [0.15, 0.2) is 12.4 Å². The van der Waals surface area contributed by atoms with Gasteiger partial charge in [-0.25, -0.2) is 9.65 Å². The number of aromatic nitrogens is 4. The van der Waals surface area contributed by atoms with E-state index in [1.165, 1.54) is 42.3 Å². The smallest absolute Gasteiger partial charge is 0.403 e. The molecule has 0 aliphatic heterocycles. The highest BCUT2D eigenvalue weighted by Gasteiger charge is 2.33. The van der Waals surface area contributed by atoms with Gasteiger partial charge in [-0.05, 0) is 65.1 Å². The molecule has 0 saturated carbocycles. The standard InChI is InChI=1S/C14H18N3O4PS.C13H15N2O9P.C12H16N5O7PS/c1-11(2)22(20,16-8-12-6-4-3-5-7-12)21-10-13-9-15-14(23-13)17(18)19;1-9(2)25(20,21-7-10-3-5-12(23-10)14(16)17)22-8-11-4-6-13(24-11)15(18)19;1-8(2)25(22,24-7-10-5-14-12(26-10)17(20)21)23-6-9-4-13-11(15(9)3)16(18)19/h3-7,9,11H,8,10H2,1-2H3,(H,16,20);3-6,9H,7-8H2,1-2H3;4-5,8H,6-7H2,1-3H3. The lowest BCUT2D eigenvalue weighted by atomic mass is 10.2. The minimum absolute atomic E-state index is 0.0305. The molecule has 0 fully saturated rings. The maximum atomic E-state index is 12.9. The third kappa shape index (κ3) is 17.7. The largest absolute Gasteiger partial charge is 0.434 e. The van der Waals surface area contributed by atoms with Crippen LogP contribution in [0.25, 0.3) is 0 Å². The summed E-state index contributed by atoms with van der Waals surface area (Å²) >= 11 is 1.74. The fraction of sp³-hybridized carbons (Fsp3) is 0.410. The summed E-state index contributed by atoms with van der Waals surface area (Å²) in [7, 11) is -8.82. The average Bonchev–Trinajstić information content (AvgIpc) is 4.22. The van der Waals surface area contributed by atoms with Crippen molar-refractivity contribution in [2.75, 3.05) is 0 Å². The maximum Gasteiger partial charge on any atom is 0.434 e. The molecule has 402 valence electrons. The summed E-state index contributed by atoms with van der Waals surface area (Å²) in [5.74, 6) is -1.04. The molecule has 0 amide bonds. The van der Waals surface area contributed by atoms with Gasteiger partial charge < -0.3 is 61.8 Å². The van der Waals surface area contributed by atoms with E-state index in [1.807, 2.05) is 44.2 Å². The summed E-state index contributed by atoms with van der Waals surface area (Å²) in [6, 6.07) is 14.6. The number of thiazole rings is 2. The maximum absolute atomic E-state index is 12.9. The number of hydrogen-bond acceptors (Lipinski definition) is 25. The first-order chi connectivity index (χ1) is 34.8. The molecule has 2 unspecified atom stereocenters. The number of nitrogens with one attached hydrogen (secondary N) is 1. The minimum Gasteiger partial charge on any atom is -0.403 e. The van der Waals surface area contributed by atoms with Crippen LogP contribution < -0.4 is 5.09 Å². The van der Waals surface area contributed by atoms with Crippen molar-refractivity contribution in [2.45, 2.75) is 98.1 Å². The molecule has 74 heavy (non-hydrogen) atoms. The second kappa shape index (κ2) is 27.3. The number of hydrogen-bond donors (Lipinski definition) is 1. The van der Waals surface area contributed by atoms with E-state index in [0.29, 0.717) is 22.0 Å². The van der Waals surface area contributed by atoms with Gasteiger partial charge >= 0.3 is 43.2 Å². The van der Waals surface area contributed by atoms with E-state index in [0.717, 1.165) is 40.4 Å². The quantitative estimate of drug-likeness (QED) is 0.0299. The van der Waals surface area contributed by atoms with Gasteiger partial charge in [0.2, 0.25) is 0 Å². The van der Waals surface area contributed by atoms with Crippen LogP contribution in [0, 0.1) is 50.6 Å². The van der Waals surface area contributed by atoms with Crippen molar-refractivity contribution in [3.05, 3.63) is 156 Å². The molecular formula is C39H49N10O20P3S2. The van der Waals surface area contributed by atoms with Crippen LogP contribution in [0.4, 0.5) is 28.0 Å². The Morgan fingerprint density at radius 3 is 1.39 bits per heavy atom. The molecule has 0 aliphatic rings. The monoisotopic (exact) mass is 1130 g/mol. The lowest BCUT2D eigenvalue weighted by molar-refractivity contribution is -0.402. The Balaban J connectivity index is 0.000000241. The molecule has 1 aromatic carbocycles. The molecule has 35 heteroatoms. The Hall–Kier alpha value is -6.30. The number of imidazole rings is 1. The van der Waals surface area contributed by atoms with Gasteiger partial charge in [0, 0.05) is 12.2 Å². The first-order valence-electron chi connectivity index (χ1n) is 21.4. The minimum atomic E-state index is -3.61. The lowest BCUT2D eigenvalue weighted by Gasteiger charge is -2.22. The molecule has 0 spiro atoms. The second-order valence-electron chi connectivity index (χ2n) is 15.7. The number of nitro groups is 5. The van der Waals surface area contributed by atoms with Crippen molar-refractivity contribution in [1.82, 2.24) is 24.6 Å². The highest BCUT2D eigenvalue weighted by atomic mass is 32.1. The van der Waals surface area contributed by atoms with Crippen LogP contribution in [0.15, 0.2) is 82.0 Å². The summed E-state index contributed by atoms with van der Waals surface area (Å²) in [5.41, 5.74) is 0.130. The van der Waals surface area contributed by atoms with E-state index in [9.17, 15) is 64.3 Å². The molecular weight excluding hydrogens is 1090 g/mol. The number of benzene rings is 1. The van der Waals surface area contributed by atoms with Crippen molar-refractivity contribution in [2.24, 2.45) is 7.05 Å². The summed E-state index contributed by atoms with van der Waals surface area (Å²) in [6.07, 6.45) is 3.91. The van der Waals surface area contributed by atoms with E-state index in [2.05, 4.69) is 20.0 Å². The van der Waals surface area contributed by atoms with Crippen molar-refractivity contribution in [1.29, 1.82) is 0 Å². The van der Waals surface area contributed by atoms with Crippen LogP contribution >= 0.6 is 45.4 Å². The molecule has 0 aliphatic carbocycles. The van der Waals surface area contributed by atoms with Gasteiger partial charge in [-0.15, -0.1) is 0 Å². The molecule has 5 heterocycles. The van der Waals surface area contributed by atoms with Crippen molar-refractivity contribution < 1.29 is 69.8 Å². The fourth-order valence-electron chi connectivity index (χ4n) is 5.34. The Morgan fingerprint density at radius 2 is 1.01 bits per heavy atom. The molecule has 6 aromatic rings. The molecule has 6 rings (SSSR count). The molecule has 30 nitrogen and oxygen atoms in total. The van der Waals surface area contributed by atoms with Gasteiger partial charge in [-0.1, -0.05) is 76.9 Å². The first-order valence-corrected chi connectivity index (χ1v) is 27.9. The van der Waals surface area contributed by atoms with Crippen molar-refractivity contribution in [3.8, 4) is 0 Å². The van der Waals surface area contributed by atoms with Crippen molar-refractivity contribution in [3.63, 3.8) is 0 Å². The zero-order chi connectivity index (χ0) is 55.0. The van der Waals surface area contributed by atoms with Crippen LogP contribution in [0.1, 0.15) is 74.1 Å². The fourth-order valence-corrected chi connectivity index (χ4v) is 10.9. The van der Waals surface area contributed by atoms with Gasteiger partial charge in [-0.3, -0.25) is 33.9 Å². The molecule has 0 saturated heterocycles. The molecule has 0 radical (unpaired) electrons. The molecule has 1 N–H and O–H groups in total. The zero-order valence-electron chi connectivity index (χ0n) is 40.3. The van der Waals surface area contributed by atoms with E-state index in [1.54, 1.807) is 27.7 Å². The van der Waals surface area contributed by atoms with Crippen LogP contribution in [-0.4, -0.2) is 61.1 Å². The predicted octanol–water partition coefficient (Wildman–Crippen LogP) is 11.0. The highest BCUT2D eigenvalue weighted by molar-refractivity contribution is 7.57. The van der Waals surface area contributed by atoms with Crippen LogP contribution in [0.5, 0.6) is 0 Å². The Labute approximate surface area is 427 Å². The average molecular weight is 1130 g/mol. The summed E-state index contributed by atoms with van der Waals surface area (Å²) in [4.78, 5) is 61.9. The second-order valence-corrected chi connectivity index (χ2v) is 26.0. The van der Waals surface area contributed by atoms with Crippen LogP contribution in [0.3, 0.4) is 0 Å². The van der Waals surface area contributed by atoms with E-state index in [-0.39, 0.29) is 66.4 Å². The first kappa shape index (κ1) is 60.3. The number of rotatable bonds is 26. The Morgan fingerprint density at radius 1 is 0.568 bits per heavy atom. The normalized spacial score (nSPS) is 13.1. The highest BCUT2D eigenvalue weighted by Crippen LogP contribution is 2.55. The van der Waals surface area contributed by atoms with Crippen LogP contribution in [0.2, 0.25) is 0 Å². The summed E-state index contributed by atoms with van der Waals surface area (Å²) < 4.78 is 76.6. The topological polar surface area (TPSA) is 395 Å². The predicted molar refractivity (Wildman–Crippen MR) is 264 cm³/mol. The van der Waals surface area contributed by atoms with E-state index < -0.39 is 70.4 Å². The lowest BCUT2D eigenvalue weighted by Crippen LogP contribution is -2.18. The third-order valence-corrected chi connectivity index (χ3v) is 18.3. The van der Waals surface area contributed by atoms with Gasteiger partial charge in [0.05, 0.1) is 53.5 Å². The van der Waals surface area contributed by atoms with Gasteiger partial charge in [-0.2, -0.15) is 0 Å². The molecule has 2 atom stereocenters. The van der Waals surface area contributed by atoms with Gasteiger partial charge in [0.25, 0.3) is 7.52 Å². The Kier molecular flexibility index (Phi) is 22.2. The van der Waals surface area contributed by atoms with E-state index >= 15 is 0 Å². The number of furan rings is 2. The molecule has 5 aromatic heterocycles. The van der Waals surface area contributed by atoms with Crippen LogP contribution in [-0.2, 0) is 82.9 Å². The Bertz CT molecular complexity index is 2950. The zero-order valence-corrected chi connectivity index (χ0v) is 44.6. The van der Waals surface area contributed by atoms with E-state index in [4.69, 9.17) is 31.5 Å². The molecule has 0 bridgehead atoms. The van der Waals surface area contributed by atoms with Crippen molar-refractivity contribution >= 4 is 73.4 Å². The number of nitrogens with zero attached hydrogens (tertiary/aromatic N) is 9. The third-order valence-electron chi connectivity index (χ3n) is 9.52. The summed E-state index contributed by atoms with van der Waals surface area (Å²) in [5, 5.41) is 55.7. The SMILES string of the molecule is CC(C)P(=O)(NCc1ccccc1)OCc1cnc([N+](=O)[O-])s1.CC(C)P(=O)(OCc1ccc([N+](=O)[O-])o1)OCc1ccc([N+](=O)[O-])o1.CC(C)P(=O)(OCc1cnc([N+](=O)[O-])s1)OCc1cnc([N+](=O)[O-])n1C. The summed E-state index contributed by atoms with van der Waals surface area (Å²) in [6.45, 7) is 9.64. The van der Waals surface area contributed by atoms with Gasteiger partial charge in [0.1, 0.15) is 53.1 Å².